The minimum atomic E-state index is 0.0329. The van der Waals surface area contributed by atoms with Gasteiger partial charge in [-0.2, -0.15) is 5.10 Å². The van der Waals surface area contributed by atoms with E-state index in [9.17, 15) is 4.79 Å². The summed E-state index contributed by atoms with van der Waals surface area (Å²) < 4.78 is 5.43. The van der Waals surface area contributed by atoms with E-state index in [0.29, 0.717) is 25.7 Å². The van der Waals surface area contributed by atoms with Crippen molar-refractivity contribution in [1.29, 1.82) is 0 Å². The summed E-state index contributed by atoms with van der Waals surface area (Å²) in [6.07, 6.45) is 5.55. The highest BCUT2D eigenvalue weighted by Gasteiger charge is 2.44. The van der Waals surface area contributed by atoms with Crippen LogP contribution in [0.15, 0.2) is 45.7 Å². The van der Waals surface area contributed by atoms with Crippen LogP contribution < -0.4 is 0 Å². The molecule has 0 N–H and O–H groups in total. The fourth-order valence-corrected chi connectivity index (χ4v) is 6.07. The molecule has 2 aliphatic heterocycles. The zero-order chi connectivity index (χ0) is 19.6. The van der Waals surface area contributed by atoms with Gasteiger partial charge in [-0.3, -0.25) is 9.69 Å². The van der Waals surface area contributed by atoms with Gasteiger partial charge in [0, 0.05) is 28.8 Å². The number of hydrazone groups is 1. The minimum Gasteiger partial charge on any atom is -0.379 e. The van der Waals surface area contributed by atoms with Gasteiger partial charge < -0.3 is 4.74 Å². The molecule has 5 nitrogen and oxygen atoms in total. The molecule has 1 saturated carbocycles. The van der Waals surface area contributed by atoms with Crippen molar-refractivity contribution in [3.63, 3.8) is 0 Å². The molecule has 0 aromatic carbocycles. The van der Waals surface area contributed by atoms with Crippen LogP contribution in [0.1, 0.15) is 35.1 Å². The monoisotopic (exact) mass is 427 g/mol. The molecule has 1 aliphatic carbocycles. The summed E-state index contributed by atoms with van der Waals surface area (Å²) in [6.45, 7) is 3.44. The van der Waals surface area contributed by atoms with Crippen LogP contribution in [0.4, 0.5) is 0 Å². The number of morpholine rings is 1. The standard InChI is InChI=1S/C22H25N3O2S2/c26-20(15-24-8-10-27-11-9-24)25-22(19-7-3-13-29-19)18-6-1-4-16(21(18)23-25)14-17-5-2-12-28-17/h2-3,5,7,12-14,18,22H,1,4,6,8-11,15H2. The van der Waals surface area contributed by atoms with Crippen LogP contribution in [0.3, 0.4) is 0 Å². The zero-order valence-electron chi connectivity index (χ0n) is 16.3. The van der Waals surface area contributed by atoms with E-state index in [2.05, 4.69) is 46.0 Å². The van der Waals surface area contributed by atoms with Crippen molar-refractivity contribution < 1.29 is 9.53 Å². The molecule has 2 aromatic heterocycles. The van der Waals surface area contributed by atoms with Crippen molar-refractivity contribution in [1.82, 2.24) is 9.91 Å². The Morgan fingerprint density at radius 1 is 1.21 bits per heavy atom. The largest absolute Gasteiger partial charge is 0.379 e. The second-order valence-electron chi connectivity index (χ2n) is 7.76. The van der Waals surface area contributed by atoms with E-state index in [1.807, 2.05) is 0 Å². The molecule has 2 fully saturated rings. The van der Waals surface area contributed by atoms with E-state index < -0.39 is 0 Å². The average molecular weight is 428 g/mol. The number of thiophene rings is 2. The molecule has 1 amide bonds. The quantitative estimate of drug-likeness (QED) is 0.732. The van der Waals surface area contributed by atoms with Gasteiger partial charge in [0.2, 0.25) is 0 Å². The van der Waals surface area contributed by atoms with Gasteiger partial charge in [0.05, 0.1) is 31.5 Å². The van der Waals surface area contributed by atoms with Gasteiger partial charge >= 0.3 is 0 Å². The van der Waals surface area contributed by atoms with Gasteiger partial charge in [0.15, 0.2) is 0 Å². The second-order valence-corrected chi connectivity index (χ2v) is 9.71. The number of allylic oxidation sites excluding steroid dienone is 1. The summed E-state index contributed by atoms with van der Waals surface area (Å²) in [5.41, 5.74) is 2.42. The molecule has 0 bridgehead atoms. The normalized spacial score (nSPS) is 26.6. The maximum atomic E-state index is 13.3. The Morgan fingerprint density at radius 3 is 2.79 bits per heavy atom. The molecule has 0 radical (unpaired) electrons. The Morgan fingerprint density at radius 2 is 2.03 bits per heavy atom. The van der Waals surface area contributed by atoms with Crippen LogP contribution >= 0.6 is 22.7 Å². The Labute approximate surface area is 179 Å². The van der Waals surface area contributed by atoms with Crippen molar-refractivity contribution in [3.05, 3.63) is 50.4 Å². The molecule has 2 unspecified atom stereocenters. The SMILES string of the molecule is O=C(CN1CCOCC1)N1N=C2C(=Cc3cccs3)CCCC2C1c1cccs1. The average Bonchev–Trinajstić information content (AvgIpc) is 3.49. The highest BCUT2D eigenvalue weighted by molar-refractivity contribution is 7.11. The van der Waals surface area contributed by atoms with Gasteiger partial charge in [0.1, 0.15) is 0 Å². The van der Waals surface area contributed by atoms with E-state index in [4.69, 9.17) is 9.84 Å². The first-order valence-electron chi connectivity index (χ1n) is 10.3. The number of carbonyl (C=O) groups is 1. The van der Waals surface area contributed by atoms with Gasteiger partial charge in [-0.25, -0.2) is 5.01 Å². The van der Waals surface area contributed by atoms with Gasteiger partial charge in [-0.1, -0.05) is 12.1 Å². The lowest BCUT2D eigenvalue weighted by Gasteiger charge is -2.31. The second kappa shape index (κ2) is 8.52. The van der Waals surface area contributed by atoms with Crippen LogP contribution in [-0.4, -0.2) is 54.4 Å². The predicted molar refractivity (Wildman–Crippen MR) is 118 cm³/mol. The fourth-order valence-electron chi connectivity index (χ4n) is 4.51. The van der Waals surface area contributed by atoms with Crippen LogP contribution in [0, 0.1) is 5.92 Å². The summed E-state index contributed by atoms with van der Waals surface area (Å²) in [7, 11) is 0. The summed E-state index contributed by atoms with van der Waals surface area (Å²) in [5, 5.41) is 11.0. The number of hydrogen-bond donors (Lipinski definition) is 0. The molecule has 152 valence electrons. The lowest BCUT2D eigenvalue weighted by Crippen LogP contribution is -2.44. The van der Waals surface area contributed by atoms with Gasteiger partial charge in [0.25, 0.3) is 5.91 Å². The molecule has 29 heavy (non-hydrogen) atoms. The molecule has 7 heteroatoms. The molecule has 2 atom stereocenters. The lowest BCUT2D eigenvalue weighted by molar-refractivity contribution is -0.135. The first kappa shape index (κ1) is 19.2. The molecule has 2 aromatic rings. The van der Waals surface area contributed by atoms with Gasteiger partial charge in [-0.15, -0.1) is 22.7 Å². The number of fused-ring (bicyclic) bond motifs is 1. The lowest BCUT2D eigenvalue weighted by atomic mass is 9.79. The minimum absolute atomic E-state index is 0.0329. The molecule has 5 rings (SSSR count). The van der Waals surface area contributed by atoms with Crippen molar-refractivity contribution >= 4 is 40.4 Å². The van der Waals surface area contributed by atoms with Crippen LogP contribution in [0.2, 0.25) is 0 Å². The van der Waals surface area contributed by atoms with Crippen molar-refractivity contribution in [2.24, 2.45) is 11.0 Å². The third-order valence-corrected chi connectivity index (χ3v) is 7.68. The summed E-state index contributed by atoms with van der Waals surface area (Å²) in [6, 6.07) is 8.49. The number of rotatable bonds is 4. The summed E-state index contributed by atoms with van der Waals surface area (Å²) in [5.74, 6) is 0.393. The molecule has 1 saturated heterocycles. The first-order valence-corrected chi connectivity index (χ1v) is 12.0. The van der Waals surface area contributed by atoms with E-state index in [0.717, 1.165) is 38.1 Å². The van der Waals surface area contributed by atoms with Crippen LogP contribution in [0.5, 0.6) is 0 Å². The number of nitrogens with zero attached hydrogens (tertiary/aromatic N) is 3. The number of amides is 1. The number of hydrogen-bond acceptors (Lipinski definition) is 6. The fraction of sp³-hybridized carbons (Fsp3) is 0.455. The highest BCUT2D eigenvalue weighted by Crippen LogP contribution is 2.45. The zero-order valence-corrected chi connectivity index (χ0v) is 18.0. The van der Waals surface area contributed by atoms with Gasteiger partial charge in [-0.05, 0) is 53.8 Å². The molecule has 4 heterocycles. The van der Waals surface area contributed by atoms with E-state index in [-0.39, 0.29) is 11.9 Å². The number of ether oxygens (including phenoxy) is 1. The molecular formula is C22H25N3O2S2. The molecule has 0 spiro atoms. The van der Waals surface area contributed by atoms with Crippen molar-refractivity contribution in [2.75, 3.05) is 32.8 Å². The van der Waals surface area contributed by atoms with Crippen LogP contribution in [-0.2, 0) is 9.53 Å². The smallest absolute Gasteiger partial charge is 0.257 e. The van der Waals surface area contributed by atoms with E-state index in [1.165, 1.54) is 15.3 Å². The molecule has 3 aliphatic rings. The summed E-state index contributed by atoms with van der Waals surface area (Å²) in [4.78, 5) is 18.0. The van der Waals surface area contributed by atoms with Crippen molar-refractivity contribution in [2.45, 2.75) is 25.3 Å². The Balaban J connectivity index is 1.45. The molecular weight excluding hydrogens is 402 g/mol. The Hall–Kier alpha value is -1.80. The van der Waals surface area contributed by atoms with Crippen LogP contribution in [0.25, 0.3) is 6.08 Å². The topological polar surface area (TPSA) is 45.1 Å². The van der Waals surface area contributed by atoms with E-state index in [1.54, 1.807) is 27.7 Å². The van der Waals surface area contributed by atoms with E-state index >= 15 is 0 Å². The Bertz CT molecular complexity index is 899. The Kier molecular flexibility index (Phi) is 5.63. The maximum Gasteiger partial charge on any atom is 0.257 e. The van der Waals surface area contributed by atoms with Crippen molar-refractivity contribution in [3.8, 4) is 0 Å². The predicted octanol–water partition coefficient (Wildman–Crippen LogP) is 4.26. The highest BCUT2D eigenvalue weighted by atomic mass is 32.1. The third kappa shape index (κ3) is 3.97. The summed E-state index contributed by atoms with van der Waals surface area (Å²) >= 11 is 3.48. The first-order chi connectivity index (χ1) is 14.3. The third-order valence-electron chi connectivity index (χ3n) is 5.91. The maximum absolute atomic E-state index is 13.3. The number of carbonyl (C=O) groups excluding carboxylic acids is 1.